The highest BCUT2D eigenvalue weighted by Gasteiger charge is 2.25. The summed E-state index contributed by atoms with van der Waals surface area (Å²) in [5, 5.41) is 19.6. The van der Waals surface area contributed by atoms with Gasteiger partial charge in [0.1, 0.15) is 6.04 Å². The van der Waals surface area contributed by atoms with E-state index in [0.717, 1.165) is 0 Å². The highest BCUT2D eigenvalue weighted by Crippen LogP contribution is 2.08. The molecule has 0 aliphatic carbocycles. The predicted octanol–water partition coefficient (Wildman–Crippen LogP) is 0.467. The van der Waals surface area contributed by atoms with Gasteiger partial charge in [0.15, 0.2) is 0 Å². The van der Waals surface area contributed by atoms with Crippen molar-refractivity contribution < 1.29 is 24.6 Å². The zero-order chi connectivity index (χ0) is 12.7. The van der Waals surface area contributed by atoms with E-state index in [2.05, 4.69) is 5.32 Å². The van der Waals surface area contributed by atoms with Crippen molar-refractivity contribution in [1.82, 2.24) is 5.32 Å². The van der Waals surface area contributed by atoms with Gasteiger partial charge in [0.25, 0.3) is 0 Å². The minimum Gasteiger partial charge on any atom is -0.481 e. The maximum absolute atomic E-state index is 11.2. The second-order valence-electron chi connectivity index (χ2n) is 3.66. The Morgan fingerprint density at radius 3 is 2.12 bits per heavy atom. The van der Waals surface area contributed by atoms with E-state index >= 15 is 0 Å². The summed E-state index contributed by atoms with van der Waals surface area (Å²) < 4.78 is 0. The molecule has 6 heteroatoms. The lowest BCUT2D eigenvalue weighted by atomic mass is 9.99. The zero-order valence-corrected chi connectivity index (χ0v) is 9.40. The lowest BCUT2D eigenvalue weighted by Crippen LogP contribution is -2.45. The maximum Gasteiger partial charge on any atom is 0.326 e. The average Bonchev–Trinajstić information content (AvgIpc) is 2.21. The van der Waals surface area contributed by atoms with Gasteiger partial charge < -0.3 is 15.5 Å². The van der Waals surface area contributed by atoms with E-state index in [0.29, 0.717) is 6.42 Å². The normalized spacial score (nSPS) is 13.9. The molecule has 0 aliphatic heterocycles. The summed E-state index contributed by atoms with van der Waals surface area (Å²) >= 11 is 0. The first-order chi connectivity index (χ1) is 7.38. The summed E-state index contributed by atoms with van der Waals surface area (Å²) in [5.74, 6) is -2.91. The molecule has 0 aromatic rings. The fourth-order valence-electron chi connectivity index (χ4n) is 1.15. The van der Waals surface area contributed by atoms with Crippen molar-refractivity contribution in [2.45, 2.75) is 39.2 Å². The largest absolute Gasteiger partial charge is 0.481 e. The average molecular weight is 231 g/mol. The molecule has 2 atom stereocenters. The number of aliphatic carboxylic acids is 2. The molecule has 6 nitrogen and oxygen atoms in total. The molecule has 0 spiro atoms. The van der Waals surface area contributed by atoms with Crippen LogP contribution in [-0.4, -0.2) is 34.1 Å². The minimum atomic E-state index is -1.10. The Morgan fingerprint density at radius 2 is 1.75 bits per heavy atom. The number of carboxylic acids is 2. The van der Waals surface area contributed by atoms with Crippen LogP contribution < -0.4 is 5.32 Å². The molecule has 92 valence electrons. The van der Waals surface area contributed by atoms with Crippen LogP contribution in [-0.2, 0) is 14.4 Å². The molecule has 0 aromatic heterocycles. The van der Waals surface area contributed by atoms with Crippen molar-refractivity contribution in [3.8, 4) is 0 Å². The van der Waals surface area contributed by atoms with Gasteiger partial charge >= 0.3 is 11.9 Å². The molecule has 16 heavy (non-hydrogen) atoms. The summed E-state index contributed by atoms with van der Waals surface area (Å²) in [6.07, 6.45) is 0.129. The zero-order valence-electron chi connectivity index (χ0n) is 9.40. The van der Waals surface area contributed by atoms with Crippen LogP contribution in [0.4, 0.5) is 0 Å². The van der Waals surface area contributed by atoms with Crippen LogP contribution in [0.25, 0.3) is 0 Å². The minimum absolute atomic E-state index is 0.189. The first-order valence-electron chi connectivity index (χ1n) is 5.12. The lowest BCUT2D eigenvalue weighted by Gasteiger charge is -2.19. The molecule has 0 saturated carbocycles. The second kappa shape index (κ2) is 6.81. The van der Waals surface area contributed by atoms with Crippen LogP contribution in [0.5, 0.6) is 0 Å². The molecule has 1 amide bonds. The first kappa shape index (κ1) is 14.4. The topological polar surface area (TPSA) is 104 Å². The van der Waals surface area contributed by atoms with Crippen molar-refractivity contribution in [1.29, 1.82) is 0 Å². The fraction of sp³-hybridized carbons (Fsp3) is 0.700. The Labute approximate surface area is 93.6 Å². The first-order valence-corrected chi connectivity index (χ1v) is 5.12. The standard InChI is InChI=1S/C10H17NO5/c1-3-6(2)9(10(15)16)11-7(12)4-5-8(13)14/h6,9H,3-5H2,1-2H3,(H,11,12)(H,13,14)(H,15,16)/t6?,9-/m0/s1. The van der Waals surface area contributed by atoms with Crippen LogP contribution in [0.2, 0.25) is 0 Å². The molecule has 0 bridgehead atoms. The maximum atomic E-state index is 11.2. The third-order valence-corrected chi connectivity index (χ3v) is 2.36. The molecule has 0 radical (unpaired) electrons. The van der Waals surface area contributed by atoms with Gasteiger partial charge in [0.05, 0.1) is 6.42 Å². The smallest absolute Gasteiger partial charge is 0.326 e. The van der Waals surface area contributed by atoms with Crippen molar-refractivity contribution >= 4 is 17.8 Å². The highest BCUT2D eigenvalue weighted by atomic mass is 16.4. The Bertz CT molecular complexity index is 276. The van der Waals surface area contributed by atoms with Crippen molar-refractivity contribution in [3.63, 3.8) is 0 Å². The molecule has 0 aliphatic rings. The molecule has 0 fully saturated rings. The van der Waals surface area contributed by atoms with E-state index in [1.807, 2.05) is 6.92 Å². The van der Waals surface area contributed by atoms with Crippen molar-refractivity contribution in [2.75, 3.05) is 0 Å². The van der Waals surface area contributed by atoms with Gasteiger partial charge in [-0.25, -0.2) is 4.79 Å². The van der Waals surface area contributed by atoms with Crippen LogP contribution in [0.3, 0.4) is 0 Å². The number of carbonyl (C=O) groups excluding carboxylic acids is 1. The molecule has 3 N–H and O–H groups in total. The monoisotopic (exact) mass is 231 g/mol. The Hall–Kier alpha value is -1.59. The van der Waals surface area contributed by atoms with E-state index in [-0.39, 0.29) is 18.8 Å². The lowest BCUT2D eigenvalue weighted by molar-refractivity contribution is -0.143. The van der Waals surface area contributed by atoms with Crippen molar-refractivity contribution in [3.05, 3.63) is 0 Å². The third-order valence-electron chi connectivity index (χ3n) is 2.36. The predicted molar refractivity (Wildman–Crippen MR) is 55.9 cm³/mol. The van der Waals surface area contributed by atoms with Gasteiger partial charge in [0.2, 0.25) is 5.91 Å². The second-order valence-corrected chi connectivity index (χ2v) is 3.66. The quantitative estimate of drug-likeness (QED) is 0.590. The molecular weight excluding hydrogens is 214 g/mol. The summed E-state index contributed by atoms with van der Waals surface area (Å²) in [5.41, 5.74) is 0. The van der Waals surface area contributed by atoms with E-state index in [1.54, 1.807) is 6.92 Å². The molecule has 0 saturated heterocycles. The Morgan fingerprint density at radius 1 is 1.19 bits per heavy atom. The number of amides is 1. The highest BCUT2D eigenvalue weighted by molar-refractivity contribution is 5.85. The number of hydrogen-bond donors (Lipinski definition) is 3. The van der Waals surface area contributed by atoms with Crippen LogP contribution in [0.15, 0.2) is 0 Å². The molecule has 0 aromatic carbocycles. The summed E-state index contributed by atoms with van der Waals surface area (Å²) in [6, 6.07) is -0.953. The third kappa shape index (κ3) is 5.33. The summed E-state index contributed by atoms with van der Waals surface area (Å²) in [7, 11) is 0. The van der Waals surface area contributed by atoms with Crippen molar-refractivity contribution in [2.24, 2.45) is 5.92 Å². The van der Waals surface area contributed by atoms with Gasteiger partial charge in [0, 0.05) is 6.42 Å². The number of carboxylic acid groups (broad SMARTS) is 2. The summed E-state index contributed by atoms with van der Waals surface area (Å²) in [6.45, 7) is 3.54. The molecular formula is C10H17NO5. The van der Waals surface area contributed by atoms with E-state index in [9.17, 15) is 14.4 Å². The van der Waals surface area contributed by atoms with Gasteiger partial charge in [-0.3, -0.25) is 9.59 Å². The SMILES string of the molecule is CCC(C)[C@H](NC(=O)CCC(=O)O)C(=O)O. The van der Waals surface area contributed by atoms with Crippen LogP contribution in [0.1, 0.15) is 33.1 Å². The van der Waals surface area contributed by atoms with Gasteiger partial charge in [-0.2, -0.15) is 0 Å². The number of rotatable bonds is 7. The van der Waals surface area contributed by atoms with Gasteiger partial charge in [-0.1, -0.05) is 20.3 Å². The molecule has 1 unspecified atom stereocenters. The van der Waals surface area contributed by atoms with Crippen LogP contribution in [0, 0.1) is 5.92 Å². The molecule has 0 rings (SSSR count). The Balaban J connectivity index is 4.24. The van der Waals surface area contributed by atoms with E-state index < -0.39 is 23.9 Å². The number of hydrogen-bond acceptors (Lipinski definition) is 3. The van der Waals surface area contributed by atoms with E-state index in [4.69, 9.17) is 10.2 Å². The number of nitrogens with one attached hydrogen (secondary N) is 1. The Kier molecular flexibility index (Phi) is 6.14. The molecule has 0 heterocycles. The fourth-order valence-corrected chi connectivity index (χ4v) is 1.15. The van der Waals surface area contributed by atoms with Gasteiger partial charge in [-0.05, 0) is 5.92 Å². The van der Waals surface area contributed by atoms with Gasteiger partial charge in [-0.15, -0.1) is 0 Å². The van der Waals surface area contributed by atoms with E-state index in [1.165, 1.54) is 0 Å². The van der Waals surface area contributed by atoms with Crippen LogP contribution >= 0.6 is 0 Å². The number of carbonyl (C=O) groups is 3. The summed E-state index contributed by atoms with van der Waals surface area (Å²) in [4.78, 5) is 32.3.